The Hall–Kier alpha value is -2.89. The van der Waals surface area contributed by atoms with Gasteiger partial charge in [-0.3, -0.25) is 4.79 Å². The van der Waals surface area contributed by atoms with Gasteiger partial charge in [-0.1, -0.05) is 19.9 Å². The minimum atomic E-state index is -0.0864. The zero-order valence-corrected chi connectivity index (χ0v) is 18.7. The Morgan fingerprint density at radius 1 is 1.00 bits per heavy atom. The van der Waals surface area contributed by atoms with Gasteiger partial charge in [0.05, 0.1) is 32.5 Å². The smallest absolute Gasteiger partial charge is 0.220 e. The standard InChI is InChI=1S/C25H33NO5/c1-4-28-20-9-11-21(12-10-20)29-14-5-7-24(27)26-25(18(2)3)19-8-13-22-23(17-19)31-16-6-15-30-22/h8-13,17-18,25H,4-7,14-16H2,1-3H3,(H,26,27). The first kappa shape index (κ1) is 22.8. The number of carbonyl (C=O) groups is 1. The van der Waals surface area contributed by atoms with Crippen LogP contribution in [-0.4, -0.2) is 32.3 Å². The van der Waals surface area contributed by atoms with Crippen LogP contribution in [0.2, 0.25) is 0 Å². The van der Waals surface area contributed by atoms with E-state index in [4.69, 9.17) is 18.9 Å². The summed E-state index contributed by atoms with van der Waals surface area (Å²) in [5.74, 6) is 3.37. The van der Waals surface area contributed by atoms with Crippen molar-refractivity contribution in [3.8, 4) is 23.0 Å². The van der Waals surface area contributed by atoms with Crippen LogP contribution in [-0.2, 0) is 4.79 Å². The van der Waals surface area contributed by atoms with Crippen LogP contribution in [0.25, 0.3) is 0 Å². The quantitative estimate of drug-likeness (QED) is 0.545. The molecule has 0 bridgehead atoms. The number of carbonyl (C=O) groups excluding carboxylic acids is 1. The van der Waals surface area contributed by atoms with E-state index in [1.807, 2.05) is 49.4 Å². The summed E-state index contributed by atoms with van der Waals surface area (Å²) < 4.78 is 22.7. The summed E-state index contributed by atoms with van der Waals surface area (Å²) in [6.07, 6.45) is 1.92. The number of nitrogens with one attached hydrogen (secondary N) is 1. The van der Waals surface area contributed by atoms with Gasteiger partial charge in [-0.2, -0.15) is 0 Å². The number of rotatable bonds is 10. The Kier molecular flexibility index (Phi) is 8.44. The molecule has 1 amide bonds. The minimum absolute atomic E-state index is 0.0149. The first-order chi connectivity index (χ1) is 15.1. The molecule has 2 aromatic rings. The summed E-state index contributed by atoms with van der Waals surface area (Å²) in [5.41, 5.74) is 1.03. The first-order valence-electron chi connectivity index (χ1n) is 11.1. The van der Waals surface area contributed by atoms with Crippen LogP contribution in [0.3, 0.4) is 0 Å². The third kappa shape index (κ3) is 6.81. The Morgan fingerprint density at radius 3 is 2.35 bits per heavy atom. The van der Waals surface area contributed by atoms with Crippen molar-refractivity contribution in [3.05, 3.63) is 48.0 Å². The largest absolute Gasteiger partial charge is 0.494 e. The summed E-state index contributed by atoms with van der Waals surface area (Å²) in [6, 6.07) is 13.4. The molecule has 6 nitrogen and oxygen atoms in total. The lowest BCUT2D eigenvalue weighted by Gasteiger charge is -2.24. The molecule has 1 atom stereocenters. The topological polar surface area (TPSA) is 66.0 Å². The molecule has 168 valence electrons. The number of fused-ring (bicyclic) bond motifs is 1. The van der Waals surface area contributed by atoms with Crippen molar-refractivity contribution in [3.63, 3.8) is 0 Å². The van der Waals surface area contributed by atoms with Crippen molar-refractivity contribution >= 4 is 5.91 Å². The lowest BCUT2D eigenvalue weighted by atomic mass is 9.95. The highest BCUT2D eigenvalue weighted by molar-refractivity contribution is 5.76. The van der Waals surface area contributed by atoms with E-state index in [1.54, 1.807) is 0 Å². The molecule has 6 heteroatoms. The van der Waals surface area contributed by atoms with Gasteiger partial charge in [0, 0.05) is 12.8 Å². The summed E-state index contributed by atoms with van der Waals surface area (Å²) in [5, 5.41) is 3.17. The van der Waals surface area contributed by atoms with E-state index in [2.05, 4.69) is 19.2 Å². The lowest BCUT2D eigenvalue weighted by Crippen LogP contribution is -2.31. The number of hydrogen-bond donors (Lipinski definition) is 1. The Labute approximate surface area is 184 Å². The SMILES string of the molecule is CCOc1ccc(OCCCC(=O)NC(c2ccc3c(c2)OCCCO3)C(C)C)cc1. The van der Waals surface area contributed by atoms with Crippen LogP contribution in [0.1, 0.15) is 51.6 Å². The molecule has 31 heavy (non-hydrogen) atoms. The van der Waals surface area contributed by atoms with Gasteiger partial charge in [-0.05, 0) is 61.2 Å². The average Bonchev–Trinajstić information content (AvgIpc) is 3.01. The maximum Gasteiger partial charge on any atom is 0.220 e. The van der Waals surface area contributed by atoms with Gasteiger partial charge in [0.15, 0.2) is 11.5 Å². The predicted molar refractivity (Wildman–Crippen MR) is 120 cm³/mol. The van der Waals surface area contributed by atoms with E-state index < -0.39 is 0 Å². The van der Waals surface area contributed by atoms with E-state index in [-0.39, 0.29) is 17.9 Å². The lowest BCUT2D eigenvalue weighted by molar-refractivity contribution is -0.122. The second-order valence-corrected chi connectivity index (χ2v) is 7.90. The molecule has 0 aromatic heterocycles. The molecule has 1 unspecified atom stereocenters. The number of ether oxygens (including phenoxy) is 4. The van der Waals surface area contributed by atoms with E-state index >= 15 is 0 Å². The van der Waals surface area contributed by atoms with Crippen molar-refractivity contribution in [2.45, 2.75) is 46.1 Å². The van der Waals surface area contributed by atoms with Crippen molar-refractivity contribution in [1.29, 1.82) is 0 Å². The van der Waals surface area contributed by atoms with E-state index in [0.29, 0.717) is 39.3 Å². The molecule has 0 fully saturated rings. The third-order valence-electron chi connectivity index (χ3n) is 5.07. The van der Waals surface area contributed by atoms with Gasteiger partial charge in [0.1, 0.15) is 11.5 Å². The van der Waals surface area contributed by atoms with Gasteiger partial charge in [0.2, 0.25) is 5.91 Å². The summed E-state index contributed by atoms with van der Waals surface area (Å²) in [4.78, 5) is 12.6. The minimum Gasteiger partial charge on any atom is -0.494 e. The molecular weight excluding hydrogens is 394 g/mol. The predicted octanol–water partition coefficient (Wildman–Crippen LogP) is 4.92. The number of benzene rings is 2. The second kappa shape index (κ2) is 11.5. The Balaban J connectivity index is 1.49. The monoisotopic (exact) mass is 427 g/mol. The summed E-state index contributed by atoms with van der Waals surface area (Å²) in [7, 11) is 0. The molecular formula is C25H33NO5. The Bertz CT molecular complexity index is 834. The van der Waals surface area contributed by atoms with Gasteiger partial charge in [0.25, 0.3) is 0 Å². The van der Waals surface area contributed by atoms with E-state index in [9.17, 15) is 4.79 Å². The molecule has 0 saturated heterocycles. The van der Waals surface area contributed by atoms with Crippen molar-refractivity contribution in [1.82, 2.24) is 5.32 Å². The highest BCUT2D eigenvalue weighted by Gasteiger charge is 2.21. The van der Waals surface area contributed by atoms with Crippen LogP contribution in [0.5, 0.6) is 23.0 Å². The molecule has 1 aliphatic rings. The van der Waals surface area contributed by atoms with Gasteiger partial charge >= 0.3 is 0 Å². The van der Waals surface area contributed by atoms with Crippen molar-refractivity contribution in [2.24, 2.45) is 5.92 Å². The average molecular weight is 428 g/mol. The fraction of sp³-hybridized carbons (Fsp3) is 0.480. The van der Waals surface area contributed by atoms with Crippen LogP contribution in [0.15, 0.2) is 42.5 Å². The molecule has 2 aromatic carbocycles. The molecule has 0 saturated carbocycles. The van der Waals surface area contributed by atoms with Crippen LogP contribution >= 0.6 is 0 Å². The van der Waals surface area contributed by atoms with Crippen LogP contribution in [0.4, 0.5) is 0 Å². The highest BCUT2D eigenvalue weighted by Crippen LogP contribution is 2.34. The van der Waals surface area contributed by atoms with Gasteiger partial charge < -0.3 is 24.3 Å². The fourth-order valence-corrected chi connectivity index (χ4v) is 3.48. The molecule has 0 aliphatic carbocycles. The van der Waals surface area contributed by atoms with Gasteiger partial charge in [-0.15, -0.1) is 0 Å². The van der Waals surface area contributed by atoms with E-state index in [1.165, 1.54) is 0 Å². The second-order valence-electron chi connectivity index (χ2n) is 7.90. The van der Waals surface area contributed by atoms with Gasteiger partial charge in [-0.25, -0.2) is 0 Å². The molecule has 0 spiro atoms. The van der Waals surface area contributed by atoms with Crippen LogP contribution in [0, 0.1) is 5.92 Å². The maximum absolute atomic E-state index is 12.6. The fourth-order valence-electron chi connectivity index (χ4n) is 3.48. The molecule has 3 rings (SSSR count). The van der Waals surface area contributed by atoms with Crippen molar-refractivity contribution in [2.75, 3.05) is 26.4 Å². The first-order valence-corrected chi connectivity index (χ1v) is 11.1. The summed E-state index contributed by atoms with van der Waals surface area (Å²) in [6.45, 7) is 8.58. The Morgan fingerprint density at radius 2 is 1.68 bits per heavy atom. The van der Waals surface area contributed by atoms with Crippen LogP contribution < -0.4 is 24.3 Å². The highest BCUT2D eigenvalue weighted by atomic mass is 16.5. The molecule has 1 heterocycles. The number of amides is 1. The zero-order valence-electron chi connectivity index (χ0n) is 18.7. The molecule has 1 aliphatic heterocycles. The number of hydrogen-bond acceptors (Lipinski definition) is 5. The third-order valence-corrected chi connectivity index (χ3v) is 5.07. The van der Waals surface area contributed by atoms with E-state index in [0.717, 1.165) is 35.0 Å². The molecule has 0 radical (unpaired) electrons. The maximum atomic E-state index is 12.6. The van der Waals surface area contributed by atoms with Crippen molar-refractivity contribution < 1.29 is 23.7 Å². The molecule has 1 N–H and O–H groups in total. The zero-order chi connectivity index (χ0) is 22.1. The normalized spacial score (nSPS) is 13.9. The summed E-state index contributed by atoms with van der Waals surface area (Å²) >= 11 is 0.